The normalized spacial score (nSPS) is 47.4. The third-order valence-electron chi connectivity index (χ3n) is 3.78. The number of aliphatic hydroxyl groups excluding tert-OH is 2. The third kappa shape index (κ3) is 1.33. The molecule has 0 aromatic heterocycles. The van der Waals surface area contributed by atoms with E-state index in [9.17, 15) is 9.90 Å². The van der Waals surface area contributed by atoms with Crippen molar-refractivity contribution in [1.82, 2.24) is 0 Å². The first-order valence-corrected chi connectivity index (χ1v) is 5.10. The lowest BCUT2D eigenvalue weighted by atomic mass is 9.80. The molecule has 2 N–H and O–H groups in total. The van der Waals surface area contributed by atoms with Gasteiger partial charge in [0.2, 0.25) is 0 Å². The zero-order valence-corrected chi connectivity index (χ0v) is 8.22. The molecule has 2 unspecified atom stereocenters. The van der Waals surface area contributed by atoms with E-state index in [0.717, 1.165) is 0 Å². The fourth-order valence-electron chi connectivity index (χ4n) is 2.75. The molecule has 4 nitrogen and oxygen atoms in total. The van der Waals surface area contributed by atoms with Gasteiger partial charge in [-0.3, -0.25) is 4.79 Å². The fourth-order valence-corrected chi connectivity index (χ4v) is 2.75. The van der Waals surface area contributed by atoms with Crippen molar-refractivity contribution < 1.29 is 19.7 Å². The van der Waals surface area contributed by atoms with Crippen molar-refractivity contribution in [3.05, 3.63) is 0 Å². The van der Waals surface area contributed by atoms with Crippen LogP contribution in [0.4, 0.5) is 0 Å². The minimum absolute atomic E-state index is 0.103. The standard InChI is InChI=1S/C10H16O4/c1-5-8-4-14-10(13)7(3-11)6(8)2-9(5)12/h5-9,11-12H,2-4H2,1H3/t5-,6?,7+,8?,9+/m1/s1. The Labute approximate surface area is 82.9 Å². The van der Waals surface area contributed by atoms with E-state index < -0.39 is 5.92 Å². The van der Waals surface area contributed by atoms with Crippen LogP contribution in [0.3, 0.4) is 0 Å². The first-order chi connectivity index (χ1) is 6.65. The number of carbonyl (C=O) groups is 1. The summed E-state index contributed by atoms with van der Waals surface area (Å²) in [7, 11) is 0. The number of esters is 1. The second-order valence-electron chi connectivity index (χ2n) is 4.41. The van der Waals surface area contributed by atoms with Crippen molar-refractivity contribution in [3.63, 3.8) is 0 Å². The first-order valence-electron chi connectivity index (χ1n) is 5.10. The third-order valence-corrected chi connectivity index (χ3v) is 3.78. The molecule has 14 heavy (non-hydrogen) atoms. The maximum atomic E-state index is 11.3. The predicted octanol–water partition coefficient (Wildman–Crippen LogP) is -0.215. The molecule has 1 aliphatic heterocycles. The van der Waals surface area contributed by atoms with Gasteiger partial charge in [0.1, 0.15) is 0 Å². The summed E-state index contributed by atoms with van der Waals surface area (Å²) in [6.45, 7) is 2.21. The molecule has 0 bridgehead atoms. The second-order valence-corrected chi connectivity index (χ2v) is 4.41. The molecule has 1 heterocycles. The SMILES string of the molecule is C[C@@H]1C2COC(=O)[C@@H](CO)C2C[C@@H]1O. The van der Waals surface area contributed by atoms with E-state index in [2.05, 4.69) is 0 Å². The van der Waals surface area contributed by atoms with Crippen LogP contribution < -0.4 is 0 Å². The Morgan fingerprint density at radius 1 is 1.50 bits per heavy atom. The summed E-state index contributed by atoms with van der Waals surface area (Å²) in [6.07, 6.45) is 0.264. The summed E-state index contributed by atoms with van der Waals surface area (Å²) < 4.78 is 5.00. The van der Waals surface area contributed by atoms with Gasteiger partial charge in [-0.05, 0) is 18.3 Å². The van der Waals surface area contributed by atoms with Gasteiger partial charge in [0.25, 0.3) is 0 Å². The van der Waals surface area contributed by atoms with E-state index in [1.54, 1.807) is 0 Å². The van der Waals surface area contributed by atoms with Crippen LogP contribution in [-0.4, -0.2) is 35.5 Å². The predicted molar refractivity (Wildman–Crippen MR) is 48.3 cm³/mol. The van der Waals surface area contributed by atoms with Crippen LogP contribution in [0.15, 0.2) is 0 Å². The quantitative estimate of drug-likeness (QED) is 0.574. The van der Waals surface area contributed by atoms with Crippen molar-refractivity contribution in [2.75, 3.05) is 13.2 Å². The largest absolute Gasteiger partial charge is 0.465 e. The Balaban J connectivity index is 2.17. The number of fused-ring (bicyclic) bond motifs is 1. The summed E-state index contributed by atoms with van der Waals surface area (Å²) in [5, 5.41) is 18.8. The van der Waals surface area contributed by atoms with E-state index in [4.69, 9.17) is 9.84 Å². The average Bonchev–Trinajstić information content (AvgIpc) is 2.43. The van der Waals surface area contributed by atoms with Crippen LogP contribution in [0.5, 0.6) is 0 Å². The molecule has 1 aliphatic carbocycles. The molecule has 0 aromatic carbocycles. The fraction of sp³-hybridized carbons (Fsp3) is 0.900. The summed E-state index contributed by atoms with van der Waals surface area (Å²) >= 11 is 0. The van der Waals surface area contributed by atoms with E-state index in [0.29, 0.717) is 13.0 Å². The number of hydrogen-bond donors (Lipinski definition) is 2. The number of hydrogen-bond acceptors (Lipinski definition) is 4. The van der Waals surface area contributed by atoms with Gasteiger partial charge >= 0.3 is 5.97 Å². The minimum Gasteiger partial charge on any atom is -0.465 e. The maximum absolute atomic E-state index is 11.3. The minimum atomic E-state index is -0.423. The van der Waals surface area contributed by atoms with Crippen molar-refractivity contribution in [1.29, 1.82) is 0 Å². The van der Waals surface area contributed by atoms with E-state index in [1.807, 2.05) is 6.92 Å². The Morgan fingerprint density at radius 3 is 2.86 bits per heavy atom. The molecular weight excluding hydrogens is 184 g/mol. The number of cyclic esters (lactones) is 1. The zero-order valence-electron chi connectivity index (χ0n) is 8.22. The topological polar surface area (TPSA) is 66.8 Å². The highest BCUT2D eigenvalue weighted by molar-refractivity contribution is 5.73. The molecule has 1 saturated heterocycles. The zero-order chi connectivity index (χ0) is 10.3. The van der Waals surface area contributed by atoms with Crippen LogP contribution in [0, 0.1) is 23.7 Å². The van der Waals surface area contributed by atoms with Gasteiger partial charge in [-0.15, -0.1) is 0 Å². The van der Waals surface area contributed by atoms with Gasteiger partial charge < -0.3 is 14.9 Å². The molecule has 1 saturated carbocycles. The summed E-state index contributed by atoms with van der Waals surface area (Å²) in [5.74, 6) is -0.239. The van der Waals surface area contributed by atoms with Gasteiger partial charge in [0, 0.05) is 5.92 Å². The molecular formula is C10H16O4. The lowest BCUT2D eigenvalue weighted by Gasteiger charge is -2.32. The number of ether oxygens (including phenoxy) is 1. The lowest BCUT2D eigenvalue weighted by molar-refractivity contribution is -0.163. The maximum Gasteiger partial charge on any atom is 0.311 e. The van der Waals surface area contributed by atoms with Gasteiger partial charge in [-0.2, -0.15) is 0 Å². The molecule has 5 atom stereocenters. The van der Waals surface area contributed by atoms with Gasteiger partial charge in [-0.1, -0.05) is 6.92 Å². The molecule has 0 amide bonds. The van der Waals surface area contributed by atoms with E-state index >= 15 is 0 Å². The van der Waals surface area contributed by atoms with Crippen LogP contribution in [0.25, 0.3) is 0 Å². The lowest BCUT2D eigenvalue weighted by Crippen LogP contribution is -2.40. The number of rotatable bonds is 1. The summed E-state index contributed by atoms with van der Waals surface area (Å²) in [5.41, 5.74) is 0. The summed E-state index contributed by atoms with van der Waals surface area (Å²) in [4.78, 5) is 11.3. The van der Waals surface area contributed by atoms with Crippen LogP contribution in [0.1, 0.15) is 13.3 Å². The van der Waals surface area contributed by atoms with Crippen LogP contribution >= 0.6 is 0 Å². The Bertz CT molecular complexity index is 240. The first kappa shape index (κ1) is 9.93. The van der Waals surface area contributed by atoms with Gasteiger partial charge in [-0.25, -0.2) is 0 Å². The molecule has 0 spiro atoms. The Hall–Kier alpha value is -0.610. The molecule has 4 heteroatoms. The van der Waals surface area contributed by atoms with E-state index in [-0.39, 0.29) is 36.4 Å². The van der Waals surface area contributed by atoms with Crippen molar-refractivity contribution in [3.8, 4) is 0 Å². The number of carbonyl (C=O) groups excluding carboxylic acids is 1. The van der Waals surface area contributed by atoms with Gasteiger partial charge in [0.15, 0.2) is 0 Å². The Kier molecular flexibility index (Phi) is 2.49. The molecule has 0 radical (unpaired) electrons. The van der Waals surface area contributed by atoms with Crippen LogP contribution in [0.2, 0.25) is 0 Å². The van der Waals surface area contributed by atoms with E-state index in [1.165, 1.54) is 0 Å². The second kappa shape index (κ2) is 3.51. The highest BCUT2D eigenvalue weighted by Crippen LogP contribution is 2.44. The molecule has 2 rings (SSSR count). The highest BCUT2D eigenvalue weighted by atomic mass is 16.5. The average molecular weight is 200 g/mol. The van der Waals surface area contributed by atoms with Crippen LogP contribution in [-0.2, 0) is 9.53 Å². The van der Waals surface area contributed by atoms with Crippen molar-refractivity contribution in [2.45, 2.75) is 19.4 Å². The smallest absolute Gasteiger partial charge is 0.311 e. The molecule has 80 valence electrons. The summed E-state index contributed by atoms with van der Waals surface area (Å²) in [6, 6.07) is 0. The van der Waals surface area contributed by atoms with Gasteiger partial charge in [0.05, 0.1) is 25.2 Å². The molecule has 2 aliphatic rings. The van der Waals surface area contributed by atoms with Crippen molar-refractivity contribution in [2.24, 2.45) is 23.7 Å². The Morgan fingerprint density at radius 2 is 2.21 bits per heavy atom. The molecule has 2 fully saturated rings. The highest BCUT2D eigenvalue weighted by Gasteiger charge is 2.49. The number of aliphatic hydroxyl groups is 2. The monoisotopic (exact) mass is 200 g/mol. The molecule has 0 aromatic rings. The van der Waals surface area contributed by atoms with Crippen molar-refractivity contribution >= 4 is 5.97 Å².